The summed E-state index contributed by atoms with van der Waals surface area (Å²) in [6.07, 6.45) is 0. The van der Waals surface area contributed by atoms with Gasteiger partial charge in [-0.25, -0.2) is 8.78 Å². The number of ether oxygens (including phenoxy) is 1. The minimum Gasteiger partial charge on any atom is -0.482 e. The van der Waals surface area contributed by atoms with Gasteiger partial charge in [-0.3, -0.25) is 9.48 Å². The van der Waals surface area contributed by atoms with Crippen LogP contribution in [0.1, 0.15) is 5.69 Å². The molecule has 0 unspecified atom stereocenters. The van der Waals surface area contributed by atoms with Gasteiger partial charge in [-0.2, -0.15) is 5.10 Å². The largest absolute Gasteiger partial charge is 0.482 e. The summed E-state index contributed by atoms with van der Waals surface area (Å²) in [5, 5.41) is 7.25. The van der Waals surface area contributed by atoms with Crippen molar-refractivity contribution in [1.29, 1.82) is 0 Å². The summed E-state index contributed by atoms with van der Waals surface area (Å²) < 4.78 is 33.4. The Morgan fingerprint density at radius 2 is 1.93 bits per heavy atom. The first-order valence-corrected chi connectivity index (χ1v) is 8.53. The van der Waals surface area contributed by atoms with E-state index >= 15 is 0 Å². The monoisotopic (exact) mass is 369 g/mol. The smallest absolute Gasteiger partial charge is 0.262 e. The molecule has 1 N–H and O–H groups in total. The molecule has 27 heavy (non-hydrogen) atoms. The van der Waals surface area contributed by atoms with Crippen LogP contribution in [0.4, 0.5) is 14.5 Å². The molecule has 0 atom stereocenters. The molecule has 3 aromatic rings. The fourth-order valence-corrected chi connectivity index (χ4v) is 3.31. The van der Waals surface area contributed by atoms with E-state index in [9.17, 15) is 13.6 Å². The molecule has 0 aliphatic carbocycles. The molecular weight excluding hydrogens is 352 g/mol. The number of nitrogens with zero attached hydrogens (tertiary/aromatic N) is 2. The summed E-state index contributed by atoms with van der Waals surface area (Å²) in [6.45, 7) is 1.35. The van der Waals surface area contributed by atoms with Gasteiger partial charge in [-0.05, 0) is 48.9 Å². The summed E-state index contributed by atoms with van der Waals surface area (Å²) in [5.41, 5.74) is 4.34. The lowest BCUT2D eigenvalue weighted by atomic mass is 9.98. The third-order valence-electron chi connectivity index (χ3n) is 4.44. The summed E-state index contributed by atoms with van der Waals surface area (Å²) in [6, 6.07) is 11.5. The lowest BCUT2D eigenvalue weighted by molar-refractivity contribution is -0.118. The van der Waals surface area contributed by atoms with Crippen LogP contribution in [-0.2, 0) is 11.3 Å². The molecule has 0 saturated heterocycles. The van der Waals surface area contributed by atoms with E-state index in [1.807, 2.05) is 19.1 Å². The van der Waals surface area contributed by atoms with E-state index in [0.29, 0.717) is 22.8 Å². The van der Waals surface area contributed by atoms with E-state index in [1.54, 1.807) is 22.9 Å². The number of nitrogens with one attached hydrogen (secondary N) is 1. The maximum absolute atomic E-state index is 13.4. The number of halogens is 2. The molecular formula is C20H17F2N3O2. The third-order valence-corrected chi connectivity index (χ3v) is 4.44. The second-order valence-corrected chi connectivity index (χ2v) is 6.28. The van der Waals surface area contributed by atoms with Crippen LogP contribution < -0.4 is 10.1 Å². The molecule has 0 saturated carbocycles. The Bertz CT molecular complexity index is 1010. The van der Waals surface area contributed by atoms with Crippen LogP contribution in [-0.4, -0.2) is 29.0 Å². The third kappa shape index (κ3) is 3.16. The van der Waals surface area contributed by atoms with Crippen molar-refractivity contribution in [3.05, 3.63) is 54.0 Å². The Labute approximate surface area is 154 Å². The highest BCUT2D eigenvalue weighted by Crippen LogP contribution is 2.39. The fourth-order valence-electron chi connectivity index (χ4n) is 3.31. The zero-order valence-electron chi connectivity index (χ0n) is 14.6. The van der Waals surface area contributed by atoms with E-state index in [4.69, 9.17) is 4.74 Å². The zero-order chi connectivity index (χ0) is 19.0. The number of alkyl halides is 1. The van der Waals surface area contributed by atoms with Crippen LogP contribution in [0.2, 0.25) is 0 Å². The first-order valence-electron chi connectivity index (χ1n) is 8.53. The average molecular weight is 369 g/mol. The van der Waals surface area contributed by atoms with Gasteiger partial charge in [0.05, 0.1) is 23.6 Å². The maximum Gasteiger partial charge on any atom is 0.262 e. The second-order valence-electron chi connectivity index (χ2n) is 6.28. The molecule has 2 aromatic carbocycles. The van der Waals surface area contributed by atoms with E-state index in [1.165, 1.54) is 12.1 Å². The lowest BCUT2D eigenvalue weighted by Gasteiger charge is -2.19. The van der Waals surface area contributed by atoms with E-state index in [-0.39, 0.29) is 24.9 Å². The molecule has 5 nitrogen and oxygen atoms in total. The molecule has 1 aromatic heterocycles. The normalized spacial score (nSPS) is 13.1. The van der Waals surface area contributed by atoms with Crippen molar-refractivity contribution < 1.29 is 18.3 Å². The second kappa shape index (κ2) is 6.83. The van der Waals surface area contributed by atoms with Gasteiger partial charge in [0.15, 0.2) is 6.61 Å². The molecule has 7 heteroatoms. The highest BCUT2D eigenvalue weighted by Gasteiger charge is 2.22. The predicted molar refractivity (Wildman–Crippen MR) is 97.9 cm³/mol. The average Bonchev–Trinajstić information content (AvgIpc) is 2.98. The Kier molecular flexibility index (Phi) is 4.35. The van der Waals surface area contributed by atoms with E-state index < -0.39 is 6.67 Å². The minimum atomic E-state index is -0.567. The van der Waals surface area contributed by atoms with Crippen molar-refractivity contribution in [2.45, 2.75) is 13.5 Å². The fraction of sp³-hybridized carbons (Fsp3) is 0.200. The first-order chi connectivity index (χ1) is 13.1. The maximum atomic E-state index is 13.4. The lowest BCUT2D eigenvalue weighted by Crippen LogP contribution is -2.25. The molecule has 1 amide bonds. The standard InChI is InChI=1S/C20H17F2N3O2/c1-12-19(14-4-7-17-16(10-14)23-18(26)11-27-17)20(25(24-12)9-8-21)13-2-5-15(22)6-3-13/h2-7,10H,8-9,11H2,1H3,(H,23,26). The number of hydrogen-bond acceptors (Lipinski definition) is 3. The highest BCUT2D eigenvalue weighted by atomic mass is 19.1. The van der Waals surface area contributed by atoms with Crippen molar-refractivity contribution in [3.8, 4) is 28.1 Å². The van der Waals surface area contributed by atoms with Gasteiger partial charge in [-0.1, -0.05) is 6.07 Å². The molecule has 1 aliphatic rings. The number of carbonyl (C=O) groups is 1. The summed E-state index contributed by atoms with van der Waals surface area (Å²) >= 11 is 0. The number of carbonyl (C=O) groups excluding carboxylic acids is 1. The first kappa shape index (κ1) is 17.2. The molecule has 138 valence electrons. The van der Waals surface area contributed by atoms with Crippen LogP contribution in [0.3, 0.4) is 0 Å². The highest BCUT2D eigenvalue weighted by molar-refractivity contribution is 5.97. The van der Waals surface area contributed by atoms with Crippen molar-refractivity contribution in [2.24, 2.45) is 0 Å². The van der Waals surface area contributed by atoms with Gasteiger partial charge in [0.1, 0.15) is 18.2 Å². The van der Waals surface area contributed by atoms with Crippen LogP contribution in [0.5, 0.6) is 5.75 Å². The van der Waals surface area contributed by atoms with Crippen LogP contribution >= 0.6 is 0 Å². The van der Waals surface area contributed by atoms with Crippen molar-refractivity contribution in [1.82, 2.24) is 9.78 Å². The van der Waals surface area contributed by atoms with Gasteiger partial charge in [-0.15, -0.1) is 0 Å². The topological polar surface area (TPSA) is 56.2 Å². The van der Waals surface area contributed by atoms with E-state index in [2.05, 4.69) is 10.4 Å². The van der Waals surface area contributed by atoms with Crippen molar-refractivity contribution in [3.63, 3.8) is 0 Å². The van der Waals surface area contributed by atoms with Crippen molar-refractivity contribution >= 4 is 11.6 Å². The van der Waals surface area contributed by atoms with Gasteiger partial charge >= 0.3 is 0 Å². The summed E-state index contributed by atoms with van der Waals surface area (Å²) in [5.74, 6) is 0.0287. The SMILES string of the molecule is Cc1nn(CCF)c(-c2ccc(F)cc2)c1-c1ccc2c(c1)NC(=O)CO2. The molecule has 0 radical (unpaired) electrons. The number of amides is 1. The zero-order valence-corrected chi connectivity index (χ0v) is 14.6. The number of benzene rings is 2. The molecule has 0 fully saturated rings. The van der Waals surface area contributed by atoms with Crippen LogP contribution in [0, 0.1) is 12.7 Å². The Morgan fingerprint density at radius 1 is 1.19 bits per heavy atom. The number of fused-ring (bicyclic) bond motifs is 1. The number of hydrogen-bond donors (Lipinski definition) is 1. The van der Waals surface area contributed by atoms with Crippen molar-refractivity contribution in [2.75, 3.05) is 18.6 Å². The number of rotatable bonds is 4. The van der Waals surface area contributed by atoms with Gasteiger partial charge in [0, 0.05) is 11.1 Å². The quantitative estimate of drug-likeness (QED) is 0.757. The summed E-state index contributed by atoms with van der Waals surface area (Å²) in [4.78, 5) is 11.6. The Hall–Kier alpha value is -3.22. The van der Waals surface area contributed by atoms with Gasteiger partial charge in [0.25, 0.3) is 5.91 Å². The van der Waals surface area contributed by atoms with E-state index in [0.717, 1.165) is 16.7 Å². The molecule has 4 rings (SSSR count). The molecule has 2 heterocycles. The van der Waals surface area contributed by atoms with Crippen LogP contribution in [0.25, 0.3) is 22.4 Å². The molecule has 0 bridgehead atoms. The van der Waals surface area contributed by atoms with Gasteiger partial charge in [0.2, 0.25) is 0 Å². The Balaban J connectivity index is 1.89. The molecule has 1 aliphatic heterocycles. The minimum absolute atomic E-state index is 0.0133. The summed E-state index contributed by atoms with van der Waals surface area (Å²) in [7, 11) is 0. The van der Waals surface area contributed by atoms with Crippen LogP contribution in [0.15, 0.2) is 42.5 Å². The predicted octanol–water partition coefficient (Wildman–Crippen LogP) is 3.97. The molecule has 0 spiro atoms. The number of aromatic nitrogens is 2. The number of aryl methyl sites for hydroxylation is 2. The Morgan fingerprint density at radius 3 is 2.67 bits per heavy atom. The number of anilines is 1. The van der Waals surface area contributed by atoms with Gasteiger partial charge < -0.3 is 10.1 Å².